The number of nitrogens with zero attached hydrogens (tertiary/aromatic N) is 3. The van der Waals surface area contributed by atoms with Crippen LogP contribution in [0.25, 0.3) is 16.8 Å². The maximum Gasteiger partial charge on any atom is 0.276 e. The van der Waals surface area contributed by atoms with Gasteiger partial charge in [0.2, 0.25) is 5.91 Å². The molecule has 1 N–H and O–H groups in total. The van der Waals surface area contributed by atoms with Crippen molar-refractivity contribution < 1.29 is 9.18 Å². The summed E-state index contributed by atoms with van der Waals surface area (Å²) in [7, 11) is 0. The van der Waals surface area contributed by atoms with Gasteiger partial charge in [-0.1, -0.05) is 29.8 Å². The third-order valence-electron chi connectivity index (χ3n) is 4.73. The Hall–Kier alpha value is -3.45. The zero-order valence-electron chi connectivity index (χ0n) is 15.9. The molecule has 30 heavy (non-hydrogen) atoms. The predicted octanol–water partition coefficient (Wildman–Crippen LogP) is 3.31. The third kappa shape index (κ3) is 4.26. The van der Waals surface area contributed by atoms with E-state index in [1.807, 2.05) is 12.1 Å². The molecule has 0 fully saturated rings. The fourth-order valence-corrected chi connectivity index (χ4v) is 3.36. The van der Waals surface area contributed by atoms with Gasteiger partial charge >= 0.3 is 0 Å². The molecule has 0 atom stereocenters. The van der Waals surface area contributed by atoms with Crippen LogP contribution >= 0.6 is 11.6 Å². The average molecular weight is 425 g/mol. The molecular weight excluding hydrogens is 407 g/mol. The number of hydrogen-bond donors (Lipinski definition) is 1. The number of amides is 1. The Morgan fingerprint density at radius 1 is 1.10 bits per heavy atom. The van der Waals surface area contributed by atoms with Crippen LogP contribution in [0, 0.1) is 5.82 Å². The number of fused-ring (bicyclic) bond motifs is 1. The molecule has 0 aliphatic heterocycles. The van der Waals surface area contributed by atoms with Crippen molar-refractivity contribution >= 4 is 23.0 Å². The second-order valence-electron chi connectivity index (χ2n) is 6.78. The first-order valence-corrected chi connectivity index (χ1v) is 9.74. The van der Waals surface area contributed by atoms with E-state index >= 15 is 0 Å². The highest BCUT2D eigenvalue weighted by Gasteiger charge is 2.10. The third-order valence-corrected chi connectivity index (χ3v) is 5.10. The number of nitrogens with one attached hydrogen (secondary N) is 1. The summed E-state index contributed by atoms with van der Waals surface area (Å²) < 4.78 is 16.1. The molecule has 2 aromatic carbocycles. The molecule has 1 amide bonds. The molecule has 0 radical (unpaired) electrons. The van der Waals surface area contributed by atoms with Crippen LogP contribution in [0.1, 0.15) is 5.56 Å². The van der Waals surface area contributed by atoms with Gasteiger partial charge in [0.1, 0.15) is 11.3 Å². The molecule has 4 rings (SSSR count). The SMILES string of the molecule is O=C(Cc1ccccc1Cl)NCCn1ccn2nc(-c3ccc(F)cc3)cc2c1=O. The van der Waals surface area contributed by atoms with E-state index in [2.05, 4.69) is 10.4 Å². The van der Waals surface area contributed by atoms with Gasteiger partial charge in [0.05, 0.1) is 12.1 Å². The lowest BCUT2D eigenvalue weighted by Gasteiger charge is -2.08. The van der Waals surface area contributed by atoms with Crippen molar-refractivity contribution in [2.75, 3.05) is 6.54 Å². The second-order valence-corrected chi connectivity index (χ2v) is 7.19. The topological polar surface area (TPSA) is 68.4 Å². The van der Waals surface area contributed by atoms with E-state index in [4.69, 9.17) is 11.6 Å². The molecule has 0 aliphatic rings. The van der Waals surface area contributed by atoms with Crippen LogP contribution in [0.5, 0.6) is 0 Å². The van der Waals surface area contributed by atoms with Crippen LogP contribution in [0.3, 0.4) is 0 Å². The standard InChI is InChI=1S/C22H18ClFN4O2/c23-18-4-2-1-3-16(18)13-21(29)25-9-10-27-11-12-28-20(22(27)30)14-19(26-28)15-5-7-17(24)8-6-15/h1-8,11-12,14H,9-10,13H2,(H,25,29). The van der Waals surface area contributed by atoms with Gasteiger partial charge < -0.3 is 9.88 Å². The summed E-state index contributed by atoms with van der Waals surface area (Å²) in [6.45, 7) is 0.624. The van der Waals surface area contributed by atoms with Crippen LogP contribution < -0.4 is 10.9 Å². The van der Waals surface area contributed by atoms with Crippen LogP contribution in [0.4, 0.5) is 4.39 Å². The Morgan fingerprint density at radius 3 is 2.63 bits per heavy atom. The quantitative estimate of drug-likeness (QED) is 0.516. The Kier molecular flexibility index (Phi) is 5.63. The number of benzene rings is 2. The summed E-state index contributed by atoms with van der Waals surface area (Å²) in [6.07, 6.45) is 3.48. The highest BCUT2D eigenvalue weighted by atomic mass is 35.5. The van der Waals surface area contributed by atoms with Gasteiger partial charge in [-0.05, 0) is 42.0 Å². The van der Waals surface area contributed by atoms with E-state index in [-0.39, 0.29) is 23.7 Å². The summed E-state index contributed by atoms with van der Waals surface area (Å²) in [5.41, 5.74) is 2.23. The number of halogens is 2. The molecule has 8 heteroatoms. The lowest BCUT2D eigenvalue weighted by Crippen LogP contribution is -2.32. The number of hydrogen-bond acceptors (Lipinski definition) is 3. The molecule has 6 nitrogen and oxygen atoms in total. The van der Waals surface area contributed by atoms with Crippen molar-refractivity contribution in [1.82, 2.24) is 19.5 Å². The monoisotopic (exact) mass is 424 g/mol. The van der Waals surface area contributed by atoms with Gasteiger partial charge in [-0.25, -0.2) is 8.91 Å². The predicted molar refractivity (Wildman–Crippen MR) is 113 cm³/mol. The van der Waals surface area contributed by atoms with E-state index < -0.39 is 0 Å². The lowest BCUT2D eigenvalue weighted by molar-refractivity contribution is -0.120. The van der Waals surface area contributed by atoms with Gasteiger partial charge in [0, 0.05) is 36.1 Å². The molecule has 0 saturated heterocycles. The first-order valence-electron chi connectivity index (χ1n) is 9.36. The maximum atomic E-state index is 13.1. The first-order chi connectivity index (χ1) is 14.5. The minimum Gasteiger partial charge on any atom is -0.354 e. The maximum absolute atomic E-state index is 13.1. The smallest absolute Gasteiger partial charge is 0.276 e. The Balaban J connectivity index is 1.44. The molecule has 2 aromatic heterocycles. The van der Waals surface area contributed by atoms with Crippen molar-refractivity contribution in [3.05, 3.63) is 93.7 Å². The van der Waals surface area contributed by atoms with Gasteiger partial charge in [-0.15, -0.1) is 0 Å². The molecule has 0 unspecified atom stereocenters. The molecular formula is C22H18ClFN4O2. The molecule has 0 bridgehead atoms. The van der Waals surface area contributed by atoms with Gasteiger partial charge in [-0.3, -0.25) is 9.59 Å². The minimum atomic E-state index is -0.332. The fourth-order valence-electron chi connectivity index (χ4n) is 3.16. The largest absolute Gasteiger partial charge is 0.354 e. The Labute approximate surface area is 176 Å². The number of rotatable bonds is 6. The average Bonchev–Trinajstić information content (AvgIpc) is 3.17. The fraction of sp³-hybridized carbons (Fsp3) is 0.136. The molecule has 152 valence electrons. The minimum absolute atomic E-state index is 0.167. The van der Waals surface area contributed by atoms with Crippen LogP contribution in [0.15, 0.2) is 71.8 Å². The normalized spacial score (nSPS) is 11.0. The summed E-state index contributed by atoms with van der Waals surface area (Å²) in [5, 5.41) is 7.73. The van der Waals surface area contributed by atoms with E-state index in [9.17, 15) is 14.0 Å². The zero-order chi connectivity index (χ0) is 21.1. The van der Waals surface area contributed by atoms with Crippen LogP contribution in [0.2, 0.25) is 5.02 Å². The molecule has 0 aliphatic carbocycles. The first kappa shape index (κ1) is 19.8. The van der Waals surface area contributed by atoms with Gasteiger partial charge in [0.25, 0.3) is 5.56 Å². The number of aromatic nitrogens is 3. The number of carbonyl (C=O) groups is 1. The number of carbonyl (C=O) groups excluding carboxylic acids is 1. The van der Waals surface area contributed by atoms with E-state index in [0.717, 1.165) is 11.1 Å². The van der Waals surface area contributed by atoms with E-state index in [1.54, 1.807) is 42.7 Å². The van der Waals surface area contributed by atoms with Gasteiger partial charge in [0.15, 0.2) is 0 Å². The van der Waals surface area contributed by atoms with Crippen molar-refractivity contribution in [1.29, 1.82) is 0 Å². The van der Waals surface area contributed by atoms with Crippen LogP contribution in [-0.4, -0.2) is 26.6 Å². The second kappa shape index (κ2) is 8.51. The Morgan fingerprint density at radius 2 is 1.87 bits per heavy atom. The highest BCUT2D eigenvalue weighted by molar-refractivity contribution is 6.31. The van der Waals surface area contributed by atoms with Crippen molar-refractivity contribution in [2.24, 2.45) is 0 Å². The molecule has 2 heterocycles. The lowest BCUT2D eigenvalue weighted by atomic mass is 10.1. The van der Waals surface area contributed by atoms with Gasteiger partial charge in [-0.2, -0.15) is 5.10 Å². The van der Waals surface area contributed by atoms with Crippen molar-refractivity contribution in [3.8, 4) is 11.3 Å². The Bertz CT molecular complexity index is 1260. The molecule has 0 spiro atoms. The van der Waals surface area contributed by atoms with Crippen LogP contribution in [-0.2, 0) is 17.8 Å². The summed E-state index contributed by atoms with van der Waals surface area (Å²) in [5.74, 6) is -0.498. The molecule has 4 aromatic rings. The molecule has 0 saturated carbocycles. The highest BCUT2D eigenvalue weighted by Crippen LogP contribution is 2.19. The van der Waals surface area contributed by atoms with Crippen molar-refractivity contribution in [3.63, 3.8) is 0 Å². The van der Waals surface area contributed by atoms with Crippen molar-refractivity contribution in [2.45, 2.75) is 13.0 Å². The van der Waals surface area contributed by atoms with E-state index in [0.29, 0.717) is 29.3 Å². The summed E-state index contributed by atoms with van der Waals surface area (Å²) >= 11 is 6.08. The zero-order valence-corrected chi connectivity index (χ0v) is 16.6. The summed E-state index contributed by atoms with van der Waals surface area (Å²) in [6, 6.07) is 14.8. The summed E-state index contributed by atoms with van der Waals surface area (Å²) in [4.78, 5) is 24.9. The van der Waals surface area contributed by atoms with E-state index in [1.165, 1.54) is 21.2 Å².